The molecule has 0 aromatic carbocycles. The lowest BCUT2D eigenvalue weighted by Crippen LogP contribution is -2.09. The highest BCUT2D eigenvalue weighted by molar-refractivity contribution is 7.14. The number of carbonyl (C=O) groups excluding carboxylic acids is 1. The summed E-state index contributed by atoms with van der Waals surface area (Å²) in [5.74, 6) is -0.400. The van der Waals surface area contributed by atoms with Crippen LogP contribution in [0.3, 0.4) is 0 Å². The number of anilines is 1. The van der Waals surface area contributed by atoms with Gasteiger partial charge in [0.15, 0.2) is 5.69 Å². The van der Waals surface area contributed by atoms with Crippen LogP contribution in [-0.2, 0) is 11.3 Å². The molecule has 5 nitrogen and oxygen atoms in total. The highest BCUT2D eigenvalue weighted by atomic mass is 32.1. The van der Waals surface area contributed by atoms with E-state index in [4.69, 9.17) is 4.74 Å². The summed E-state index contributed by atoms with van der Waals surface area (Å²) in [7, 11) is 0. The van der Waals surface area contributed by atoms with Gasteiger partial charge in [0.1, 0.15) is 5.00 Å². The van der Waals surface area contributed by atoms with Crippen molar-refractivity contribution in [3.05, 3.63) is 40.8 Å². The lowest BCUT2D eigenvalue weighted by molar-refractivity contribution is 0.0521. The van der Waals surface area contributed by atoms with Crippen molar-refractivity contribution < 1.29 is 9.53 Å². The number of pyridine rings is 1. The predicted octanol–water partition coefficient (Wildman–Crippen LogP) is 2.64. The van der Waals surface area contributed by atoms with Crippen LogP contribution >= 0.6 is 11.3 Å². The minimum atomic E-state index is -0.400. The minimum Gasteiger partial charge on any atom is -0.461 e. The quantitative estimate of drug-likeness (QED) is 0.851. The van der Waals surface area contributed by atoms with Crippen molar-refractivity contribution >= 4 is 22.3 Å². The van der Waals surface area contributed by atoms with E-state index in [-0.39, 0.29) is 0 Å². The number of aromatic nitrogens is 2. The molecule has 0 amide bonds. The summed E-state index contributed by atoms with van der Waals surface area (Å²) in [6.07, 6.45) is 0. The van der Waals surface area contributed by atoms with Crippen molar-refractivity contribution in [1.29, 1.82) is 0 Å². The molecular weight excluding hydrogens is 262 g/mol. The lowest BCUT2D eigenvalue weighted by atomic mass is 10.3. The topological polar surface area (TPSA) is 64.1 Å². The van der Waals surface area contributed by atoms with E-state index in [0.29, 0.717) is 23.8 Å². The second kappa shape index (κ2) is 6.29. The van der Waals surface area contributed by atoms with Crippen LogP contribution in [0.15, 0.2) is 23.7 Å². The Kier molecular flexibility index (Phi) is 4.46. The summed E-state index contributed by atoms with van der Waals surface area (Å²) in [6, 6.07) is 5.84. The zero-order valence-electron chi connectivity index (χ0n) is 10.8. The Morgan fingerprint density at radius 2 is 2.32 bits per heavy atom. The molecule has 0 spiro atoms. The van der Waals surface area contributed by atoms with Crippen LogP contribution < -0.4 is 5.32 Å². The third-order valence-corrected chi connectivity index (χ3v) is 3.20. The summed E-state index contributed by atoms with van der Waals surface area (Å²) in [5, 5.41) is 3.88. The van der Waals surface area contributed by atoms with Gasteiger partial charge in [-0.15, -0.1) is 11.3 Å². The second-order valence-electron chi connectivity index (χ2n) is 3.87. The van der Waals surface area contributed by atoms with Gasteiger partial charge in [-0.05, 0) is 26.0 Å². The number of aryl methyl sites for hydroxylation is 1. The van der Waals surface area contributed by atoms with Gasteiger partial charge in [-0.3, -0.25) is 4.98 Å². The molecule has 6 heteroatoms. The summed E-state index contributed by atoms with van der Waals surface area (Å²) >= 11 is 1.38. The van der Waals surface area contributed by atoms with E-state index >= 15 is 0 Å². The number of nitrogens with zero attached hydrogens (tertiary/aromatic N) is 2. The van der Waals surface area contributed by atoms with E-state index in [2.05, 4.69) is 15.3 Å². The Morgan fingerprint density at radius 3 is 3.05 bits per heavy atom. The van der Waals surface area contributed by atoms with Crippen LogP contribution in [0.4, 0.5) is 5.00 Å². The summed E-state index contributed by atoms with van der Waals surface area (Å²) in [4.78, 5) is 20.1. The maximum absolute atomic E-state index is 11.7. The van der Waals surface area contributed by atoms with Gasteiger partial charge in [0.2, 0.25) is 0 Å². The van der Waals surface area contributed by atoms with Crippen molar-refractivity contribution in [2.45, 2.75) is 20.4 Å². The van der Waals surface area contributed by atoms with E-state index in [1.807, 2.05) is 25.1 Å². The van der Waals surface area contributed by atoms with Crippen molar-refractivity contribution in [1.82, 2.24) is 9.97 Å². The Labute approximate surface area is 115 Å². The number of esters is 1. The molecule has 0 saturated carbocycles. The van der Waals surface area contributed by atoms with Gasteiger partial charge in [0, 0.05) is 5.69 Å². The van der Waals surface area contributed by atoms with Crippen LogP contribution in [-0.4, -0.2) is 22.5 Å². The lowest BCUT2D eigenvalue weighted by Gasteiger charge is -2.06. The fourth-order valence-corrected chi connectivity index (χ4v) is 2.25. The van der Waals surface area contributed by atoms with E-state index in [1.165, 1.54) is 11.3 Å². The smallest absolute Gasteiger partial charge is 0.360 e. The number of ether oxygens (including phenoxy) is 1. The molecule has 0 aliphatic carbocycles. The summed E-state index contributed by atoms with van der Waals surface area (Å²) in [5.41, 5.74) is 3.84. The van der Waals surface area contributed by atoms with Crippen LogP contribution in [0.2, 0.25) is 0 Å². The molecule has 0 radical (unpaired) electrons. The van der Waals surface area contributed by atoms with Crippen molar-refractivity contribution in [3.8, 4) is 0 Å². The molecule has 0 aliphatic rings. The zero-order valence-corrected chi connectivity index (χ0v) is 11.7. The average Bonchev–Trinajstić information content (AvgIpc) is 2.85. The molecule has 19 heavy (non-hydrogen) atoms. The molecule has 2 aromatic heterocycles. The molecule has 0 aliphatic heterocycles. The van der Waals surface area contributed by atoms with Crippen LogP contribution in [0, 0.1) is 6.92 Å². The molecule has 0 bridgehead atoms. The van der Waals surface area contributed by atoms with Crippen LogP contribution in [0.5, 0.6) is 0 Å². The Bertz CT molecular complexity index is 569. The monoisotopic (exact) mass is 277 g/mol. The Morgan fingerprint density at radius 1 is 1.47 bits per heavy atom. The van der Waals surface area contributed by atoms with Gasteiger partial charge < -0.3 is 10.1 Å². The number of nitrogens with one attached hydrogen (secondary N) is 1. The largest absolute Gasteiger partial charge is 0.461 e. The number of hydrogen-bond donors (Lipinski definition) is 1. The first kappa shape index (κ1) is 13.5. The van der Waals surface area contributed by atoms with Gasteiger partial charge in [-0.1, -0.05) is 6.07 Å². The summed E-state index contributed by atoms with van der Waals surface area (Å²) in [6.45, 7) is 4.61. The van der Waals surface area contributed by atoms with Crippen LogP contribution in [0.25, 0.3) is 0 Å². The molecular formula is C13H15N3O2S. The standard InChI is InChI=1S/C13H15N3O2S/c1-3-18-13(17)11-12(19-8-15-11)14-7-10-6-4-5-9(2)16-10/h4-6,8,14H,3,7H2,1-2H3. The minimum absolute atomic E-state index is 0.333. The molecule has 0 unspecified atom stereocenters. The second-order valence-corrected chi connectivity index (χ2v) is 4.73. The van der Waals surface area contributed by atoms with Crippen molar-refractivity contribution in [2.24, 2.45) is 0 Å². The van der Waals surface area contributed by atoms with Gasteiger partial charge >= 0.3 is 5.97 Å². The third kappa shape index (κ3) is 3.51. The van der Waals surface area contributed by atoms with Gasteiger partial charge in [0.25, 0.3) is 0 Å². The third-order valence-electron chi connectivity index (χ3n) is 2.41. The van der Waals surface area contributed by atoms with E-state index < -0.39 is 5.97 Å². The molecule has 0 saturated heterocycles. The van der Waals surface area contributed by atoms with Gasteiger partial charge in [-0.25, -0.2) is 9.78 Å². The number of hydrogen-bond acceptors (Lipinski definition) is 6. The summed E-state index contributed by atoms with van der Waals surface area (Å²) < 4.78 is 4.95. The van der Waals surface area contributed by atoms with Crippen molar-refractivity contribution in [3.63, 3.8) is 0 Å². The number of thiazole rings is 1. The van der Waals surface area contributed by atoms with E-state index in [0.717, 1.165) is 11.4 Å². The van der Waals surface area contributed by atoms with Gasteiger partial charge in [-0.2, -0.15) is 0 Å². The average molecular weight is 277 g/mol. The van der Waals surface area contributed by atoms with Gasteiger partial charge in [0.05, 0.1) is 24.4 Å². The van der Waals surface area contributed by atoms with E-state index in [1.54, 1.807) is 12.4 Å². The zero-order chi connectivity index (χ0) is 13.7. The molecule has 100 valence electrons. The molecule has 2 aromatic rings. The van der Waals surface area contributed by atoms with E-state index in [9.17, 15) is 4.79 Å². The maximum Gasteiger partial charge on any atom is 0.360 e. The normalized spacial score (nSPS) is 10.2. The highest BCUT2D eigenvalue weighted by Gasteiger charge is 2.15. The molecule has 0 atom stereocenters. The number of carbonyl (C=O) groups is 1. The molecule has 0 fully saturated rings. The van der Waals surface area contributed by atoms with Crippen molar-refractivity contribution in [2.75, 3.05) is 11.9 Å². The Hall–Kier alpha value is -1.95. The molecule has 1 N–H and O–H groups in total. The predicted molar refractivity (Wildman–Crippen MR) is 74.4 cm³/mol. The first-order valence-electron chi connectivity index (χ1n) is 5.97. The fraction of sp³-hybridized carbons (Fsp3) is 0.308. The number of rotatable bonds is 5. The maximum atomic E-state index is 11.7. The molecule has 2 rings (SSSR count). The SMILES string of the molecule is CCOC(=O)c1ncsc1NCc1cccc(C)n1. The first-order valence-corrected chi connectivity index (χ1v) is 6.85. The van der Waals surface area contributed by atoms with Crippen LogP contribution in [0.1, 0.15) is 28.8 Å². The fourth-order valence-electron chi connectivity index (χ4n) is 1.59. The highest BCUT2D eigenvalue weighted by Crippen LogP contribution is 2.21. The molecule has 2 heterocycles. The first-order chi connectivity index (χ1) is 9.20. The Balaban J connectivity index is 2.04.